The highest BCUT2D eigenvalue weighted by Gasteiger charge is 2.52. The number of esters is 1. The van der Waals surface area contributed by atoms with Crippen LogP contribution in [-0.2, 0) is 15.1 Å². The highest BCUT2D eigenvalue weighted by molar-refractivity contribution is 5.97. The van der Waals surface area contributed by atoms with E-state index in [1.54, 1.807) is 29.2 Å². The van der Waals surface area contributed by atoms with Gasteiger partial charge in [-0.25, -0.2) is 9.78 Å². The lowest BCUT2D eigenvalue weighted by atomic mass is 9.72. The number of hydrogen-bond donors (Lipinski definition) is 2. The van der Waals surface area contributed by atoms with Crippen molar-refractivity contribution in [1.29, 1.82) is 0 Å². The quantitative estimate of drug-likeness (QED) is 0.655. The topological polar surface area (TPSA) is 93.5 Å². The van der Waals surface area contributed by atoms with Crippen LogP contribution in [0.25, 0.3) is 5.69 Å². The number of nitrogens with one attached hydrogen (secondary N) is 1. The monoisotopic (exact) mass is 403 g/mol. The third kappa shape index (κ3) is 2.98. The van der Waals surface area contributed by atoms with E-state index >= 15 is 0 Å². The molecule has 30 heavy (non-hydrogen) atoms. The normalized spacial score (nSPS) is 25.0. The van der Waals surface area contributed by atoms with Crippen LogP contribution in [0.4, 0.5) is 5.82 Å². The van der Waals surface area contributed by atoms with E-state index in [0.29, 0.717) is 24.2 Å². The Bertz CT molecular complexity index is 1110. The number of hydrogen-bond acceptors (Lipinski definition) is 5. The van der Waals surface area contributed by atoms with Crippen molar-refractivity contribution in [2.45, 2.75) is 36.9 Å². The molecule has 2 aliphatic rings. The average molecular weight is 403 g/mol. The van der Waals surface area contributed by atoms with Gasteiger partial charge in [-0.2, -0.15) is 0 Å². The summed E-state index contributed by atoms with van der Waals surface area (Å²) in [5.41, 5.74) is 0.0456. The van der Waals surface area contributed by atoms with Crippen molar-refractivity contribution < 1.29 is 19.4 Å². The maximum Gasteiger partial charge on any atom is 0.339 e. The molecule has 1 amide bonds. The van der Waals surface area contributed by atoms with Crippen LogP contribution < -0.4 is 5.32 Å². The van der Waals surface area contributed by atoms with Crippen LogP contribution in [0.1, 0.15) is 41.6 Å². The Morgan fingerprint density at radius 3 is 2.50 bits per heavy atom. The van der Waals surface area contributed by atoms with Gasteiger partial charge in [0.1, 0.15) is 17.5 Å². The fourth-order valence-electron chi connectivity index (χ4n) is 4.37. The fraction of sp³-hybridized carbons (Fsp3) is 0.261. The van der Waals surface area contributed by atoms with Gasteiger partial charge in [0.05, 0.1) is 11.8 Å². The minimum absolute atomic E-state index is 0.194. The first kappa shape index (κ1) is 18.6. The highest BCUT2D eigenvalue weighted by Crippen LogP contribution is 2.49. The number of carbonyl (C=O) groups is 2. The first-order chi connectivity index (χ1) is 14.5. The molecule has 1 aliphatic heterocycles. The number of anilines is 1. The third-order valence-corrected chi connectivity index (χ3v) is 6.11. The average Bonchev–Trinajstić information content (AvgIpc) is 3.35. The van der Waals surface area contributed by atoms with Gasteiger partial charge in [0, 0.05) is 11.3 Å². The molecule has 1 aliphatic carbocycles. The Balaban J connectivity index is 1.29. The summed E-state index contributed by atoms with van der Waals surface area (Å²) in [7, 11) is 0. The number of ether oxygens (including phenoxy) is 1. The number of nitrogens with zero attached hydrogens (tertiary/aromatic N) is 2. The molecule has 1 fully saturated rings. The number of fused-ring (bicyclic) bond motifs is 2. The van der Waals surface area contributed by atoms with Gasteiger partial charge >= 0.3 is 5.97 Å². The molecule has 1 saturated carbocycles. The number of carbonyl (C=O) groups excluding carboxylic acids is 2. The molecular weight excluding hydrogens is 382 g/mol. The van der Waals surface area contributed by atoms with Crippen LogP contribution in [0.3, 0.4) is 0 Å². The lowest BCUT2D eigenvalue weighted by Crippen LogP contribution is -2.49. The van der Waals surface area contributed by atoms with Crippen molar-refractivity contribution in [3.63, 3.8) is 0 Å². The van der Waals surface area contributed by atoms with Crippen molar-refractivity contribution >= 4 is 17.7 Å². The summed E-state index contributed by atoms with van der Waals surface area (Å²) in [6, 6.07) is 17.0. The molecule has 1 aromatic heterocycles. The molecule has 3 aromatic rings. The van der Waals surface area contributed by atoms with Crippen LogP contribution in [0.2, 0.25) is 0 Å². The van der Waals surface area contributed by atoms with Crippen LogP contribution in [0.5, 0.6) is 0 Å². The minimum atomic E-state index is -1.54. The van der Waals surface area contributed by atoms with Gasteiger partial charge in [0.25, 0.3) is 5.91 Å². The molecule has 152 valence electrons. The number of para-hydroxylation sites is 1. The zero-order chi connectivity index (χ0) is 20.8. The van der Waals surface area contributed by atoms with E-state index in [1.807, 2.05) is 42.5 Å². The van der Waals surface area contributed by atoms with E-state index in [0.717, 1.165) is 11.3 Å². The third-order valence-electron chi connectivity index (χ3n) is 6.11. The van der Waals surface area contributed by atoms with Gasteiger partial charge in [0.15, 0.2) is 5.82 Å². The van der Waals surface area contributed by atoms with Gasteiger partial charge in [0.2, 0.25) is 0 Å². The largest absolute Gasteiger partial charge is 0.451 e. The summed E-state index contributed by atoms with van der Waals surface area (Å²) in [5, 5.41) is 13.7. The molecule has 2 heterocycles. The van der Waals surface area contributed by atoms with Crippen molar-refractivity contribution in [2.24, 2.45) is 0 Å². The number of aliphatic hydroxyl groups is 1. The fourth-order valence-corrected chi connectivity index (χ4v) is 4.37. The summed E-state index contributed by atoms with van der Waals surface area (Å²) in [6.45, 7) is 0. The molecule has 5 rings (SSSR count). The van der Waals surface area contributed by atoms with Crippen LogP contribution in [-0.4, -0.2) is 32.1 Å². The maximum atomic E-state index is 12.8. The van der Waals surface area contributed by atoms with Crippen molar-refractivity contribution in [1.82, 2.24) is 9.55 Å². The Kier molecular flexibility index (Phi) is 4.22. The zero-order valence-electron chi connectivity index (χ0n) is 16.2. The number of imidazole rings is 1. The zero-order valence-corrected chi connectivity index (χ0v) is 16.2. The predicted octanol–water partition coefficient (Wildman–Crippen LogP) is 3.18. The van der Waals surface area contributed by atoms with Gasteiger partial charge in [-0.3, -0.25) is 4.79 Å². The smallest absolute Gasteiger partial charge is 0.339 e. The minimum Gasteiger partial charge on any atom is -0.451 e. The molecule has 2 aromatic carbocycles. The van der Waals surface area contributed by atoms with Crippen molar-refractivity contribution in [3.05, 3.63) is 78.2 Å². The molecule has 2 N–H and O–H groups in total. The van der Waals surface area contributed by atoms with Crippen LogP contribution in [0, 0.1) is 0 Å². The standard InChI is InChI=1S/C23H21N3O4/c27-20-17-8-4-5-9-18(17)23(30-20)12-10-22(29,11-13-23)21(28)25-19-14-26(15-24-19)16-6-2-1-3-7-16/h1-9,14-15,29H,10-13H2,(H,25,28)/t22-,23-. The lowest BCUT2D eigenvalue weighted by molar-refractivity contribution is -0.144. The summed E-state index contributed by atoms with van der Waals surface area (Å²) in [6.07, 6.45) is 4.48. The molecule has 0 atom stereocenters. The molecule has 0 saturated heterocycles. The van der Waals surface area contributed by atoms with Crippen molar-refractivity contribution in [3.8, 4) is 5.69 Å². The number of benzene rings is 2. The van der Waals surface area contributed by atoms with E-state index in [9.17, 15) is 14.7 Å². The second kappa shape index (κ2) is 6.81. The molecular formula is C23H21N3O4. The molecule has 7 nitrogen and oxygen atoms in total. The van der Waals surface area contributed by atoms with Gasteiger partial charge in [-0.1, -0.05) is 36.4 Å². The van der Waals surface area contributed by atoms with E-state index in [2.05, 4.69) is 10.3 Å². The van der Waals surface area contributed by atoms with E-state index < -0.39 is 17.1 Å². The SMILES string of the molecule is O=C1O[C@]2(CC[C@@](O)(C(=O)Nc3cn(-c4ccccc4)cn3)CC2)c2ccccc21. The predicted molar refractivity (Wildman–Crippen MR) is 109 cm³/mol. The lowest BCUT2D eigenvalue weighted by Gasteiger charge is -2.40. The number of aromatic nitrogens is 2. The number of amides is 1. The molecule has 0 unspecified atom stereocenters. The number of rotatable bonds is 3. The second-order valence-corrected chi connectivity index (χ2v) is 7.92. The summed E-state index contributed by atoms with van der Waals surface area (Å²) in [4.78, 5) is 29.3. The molecule has 0 radical (unpaired) electrons. The molecule has 0 bridgehead atoms. The van der Waals surface area contributed by atoms with Gasteiger partial charge in [-0.05, 0) is 43.9 Å². The summed E-state index contributed by atoms with van der Waals surface area (Å²) < 4.78 is 7.50. The van der Waals surface area contributed by atoms with E-state index in [1.165, 1.54) is 0 Å². The molecule has 1 spiro atoms. The molecule has 7 heteroatoms. The summed E-state index contributed by atoms with van der Waals surface area (Å²) in [5.74, 6) is -0.463. The second-order valence-electron chi connectivity index (χ2n) is 7.92. The van der Waals surface area contributed by atoms with Crippen molar-refractivity contribution in [2.75, 3.05) is 5.32 Å². The first-order valence-corrected chi connectivity index (χ1v) is 9.95. The maximum absolute atomic E-state index is 12.8. The van der Waals surface area contributed by atoms with Gasteiger partial charge in [-0.15, -0.1) is 0 Å². The highest BCUT2D eigenvalue weighted by atomic mass is 16.6. The Morgan fingerprint density at radius 2 is 1.73 bits per heavy atom. The van der Waals surface area contributed by atoms with Gasteiger partial charge < -0.3 is 19.7 Å². The van der Waals surface area contributed by atoms with Crippen LogP contribution >= 0.6 is 0 Å². The van der Waals surface area contributed by atoms with E-state index in [-0.39, 0.29) is 18.8 Å². The first-order valence-electron chi connectivity index (χ1n) is 9.95. The Hall–Kier alpha value is -3.45. The van der Waals surface area contributed by atoms with E-state index in [4.69, 9.17) is 4.74 Å². The Labute approximate surface area is 173 Å². The summed E-state index contributed by atoms with van der Waals surface area (Å²) >= 11 is 0. The Morgan fingerprint density at radius 1 is 1.03 bits per heavy atom. The van der Waals surface area contributed by atoms with Crippen LogP contribution in [0.15, 0.2) is 67.1 Å².